The number of alkyl halides is 6. The van der Waals surface area contributed by atoms with E-state index in [0.717, 1.165) is 6.07 Å². The molecular formula is C21H26F6N2O4. The highest BCUT2D eigenvalue weighted by Gasteiger charge is 2.46. The molecule has 0 radical (unpaired) electrons. The van der Waals surface area contributed by atoms with Crippen molar-refractivity contribution in [3.63, 3.8) is 0 Å². The summed E-state index contributed by atoms with van der Waals surface area (Å²) in [6.45, 7) is 7.39. The normalized spacial score (nSPS) is 22.3. The van der Waals surface area contributed by atoms with Crippen LogP contribution in [0, 0.1) is 5.41 Å². The SMILES string of the molecule is CC(C)N1CC2(COCCN(Cc3cccc(C(F)(F)F)c3)C2)CC1=O.O=C(O)C(F)(F)F. The molecule has 2 aliphatic rings. The van der Waals surface area contributed by atoms with Crippen LogP contribution in [0.1, 0.15) is 31.4 Å². The molecule has 2 heterocycles. The molecule has 1 spiro atoms. The van der Waals surface area contributed by atoms with Crippen molar-refractivity contribution in [2.24, 2.45) is 5.41 Å². The number of amides is 1. The van der Waals surface area contributed by atoms with E-state index in [1.54, 1.807) is 6.07 Å². The van der Waals surface area contributed by atoms with Gasteiger partial charge in [-0.1, -0.05) is 18.2 Å². The van der Waals surface area contributed by atoms with Crippen molar-refractivity contribution in [3.8, 4) is 0 Å². The predicted octanol–water partition coefficient (Wildman–Crippen LogP) is 3.80. The highest BCUT2D eigenvalue weighted by molar-refractivity contribution is 5.80. The lowest BCUT2D eigenvalue weighted by molar-refractivity contribution is -0.192. The third-order valence-electron chi connectivity index (χ3n) is 5.40. The van der Waals surface area contributed by atoms with Crippen LogP contribution in [0.15, 0.2) is 24.3 Å². The minimum absolute atomic E-state index is 0.129. The van der Waals surface area contributed by atoms with Gasteiger partial charge < -0.3 is 14.7 Å². The lowest BCUT2D eigenvalue weighted by Crippen LogP contribution is -2.41. The number of hydrogen-bond donors (Lipinski definition) is 1. The standard InChI is InChI=1S/C19H25F3N2O2.C2HF3O2/c1-14(2)24-12-18(9-17(24)25)11-23(6-7-26-13-18)10-15-4-3-5-16(8-15)19(20,21)22;3-2(4,5)1(6)7/h3-5,8,14H,6-7,9-13H2,1-2H3;(H,6,7). The molecule has 0 saturated carbocycles. The summed E-state index contributed by atoms with van der Waals surface area (Å²) in [6.07, 6.45) is -8.99. The molecule has 1 amide bonds. The molecule has 2 fully saturated rings. The Morgan fingerprint density at radius 3 is 2.33 bits per heavy atom. The predicted molar refractivity (Wildman–Crippen MR) is 105 cm³/mol. The van der Waals surface area contributed by atoms with Gasteiger partial charge in [-0.15, -0.1) is 0 Å². The van der Waals surface area contributed by atoms with Crippen molar-refractivity contribution >= 4 is 11.9 Å². The van der Waals surface area contributed by atoms with E-state index in [1.807, 2.05) is 18.7 Å². The number of carbonyl (C=O) groups is 2. The molecule has 3 rings (SSSR count). The van der Waals surface area contributed by atoms with E-state index in [-0.39, 0.29) is 17.4 Å². The van der Waals surface area contributed by atoms with Crippen LogP contribution in [0.5, 0.6) is 0 Å². The molecule has 6 nitrogen and oxygen atoms in total. The smallest absolute Gasteiger partial charge is 0.475 e. The Labute approximate surface area is 187 Å². The summed E-state index contributed by atoms with van der Waals surface area (Å²) in [6, 6.07) is 5.60. The Morgan fingerprint density at radius 2 is 1.82 bits per heavy atom. The van der Waals surface area contributed by atoms with Gasteiger partial charge in [0.15, 0.2) is 0 Å². The first-order valence-corrected chi connectivity index (χ1v) is 10.2. The van der Waals surface area contributed by atoms with Crippen molar-refractivity contribution in [1.82, 2.24) is 9.80 Å². The summed E-state index contributed by atoms with van der Waals surface area (Å²) < 4.78 is 76.3. The fraction of sp³-hybridized carbons (Fsp3) is 0.619. The maximum Gasteiger partial charge on any atom is 0.490 e. The van der Waals surface area contributed by atoms with Crippen LogP contribution in [-0.4, -0.2) is 71.8 Å². The molecule has 1 unspecified atom stereocenters. The molecule has 1 N–H and O–H groups in total. The molecular weight excluding hydrogens is 458 g/mol. The zero-order valence-electron chi connectivity index (χ0n) is 18.2. The number of carboxylic acid groups (broad SMARTS) is 1. The Balaban J connectivity index is 0.000000479. The van der Waals surface area contributed by atoms with Gasteiger partial charge in [0.05, 0.1) is 18.8 Å². The average Bonchev–Trinajstić information content (AvgIpc) is 2.88. The third kappa shape index (κ3) is 7.60. The van der Waals surface area contributed by atoms with Gasteiger partial charge in [-0.2, -0.15) is 26.3 Å². The van der Waals surface area contributed by atoms with Crippen molar-refractivity contribution in [1.29, 1.82) is 0 Å². The van der Waals surface area contributed by atoms with Crippen LogP contribution in [0.4, 0.5) is 26.3 Å². The van der Waals surface area contributed by atoms with Crippen LogP contribution in [0.25, 0.3) is 0 Å². The maximum atomic E-state index is 12.9. The molecule has 2 aliphatic heterocycles. The molecule has 2 saturated heterocycles. The highest BCUT2D eigenvalue weighted by Crippen LogP contribution is 2.36. The second-order valence-electron chi connectivity index (χ2n) is 8.56. The number of aliphatic carboxylic acids is 1. The third-order valence-corrected chi connectivity index (χ3v) is 5.40. The van der Waals surface area contributed by atoms with Gasteiger partial charge in [-0.3, -0.25) is 9.69 Å². The number of benzene rings is 1. The van der Waals surface area contributed by atoms with E-state index in [0.29, 0.717) is 51.4 Å². The summed E-state index contributed by atoms with van der Waals surface area (Å²) in [7, 11) is 0. The zero-order valence-corrected chi connectivity index (χ0v) is 18.2. The summed E-state index contributed by atoms with van der Waals surface area (Å²) in [5.41, 5.74) is -0.279. The van der Waals surface area contributed by atoms with Crippen LogP contribution in [0.3, 0.4) is 0 Å². The van der Waals surface area contributed by atoms with Gasteiger partial charge in [0.25, 0.3) is 0 Å². The lowest BCUT2D eigenvalue weighted by Gasteiger charge is -2.32. The van der Waals surface area contributed by atoms with E-state index >= 15 is 0 Å². The topological polar surface area (TPSA) is 70.1 Å². The second-order valence-corrected chi connectivity index (χ2v) is 8.56. The first-order chi connectivity index (χ1) is 15.1. The largest absolute Gasteiger partial charge is 0.490 e. The van der Waals surface area contributed by atoms with Gasteiger partial charge in [0, 0.05) is 44.1 Å². The van der Waals surface area contributed by atoms with Crippen molar-refractivity contribution in [2.45, 2.75) is 45.2 Å². The molecule has 1 aromatic rings. The van der Waals surface area contributed by atoms with Gasteiger partial charge >= 0.3 is 18.3 Å². The minimum atomic E-state index is -5.08. The maximum absolute atomic E-state index is 12.9. The van der Waals surface area contributed by atoms with Crippen LogP contribution in [-0.2, 0) is 27.0 Å². The number of likely N-dealkylation sites (tertiary alicyclic amines) is 1. The van der Waals surface area contributed by atoms with Crippen molar-refractivity contribution in [2.75, 3.05) is 32.8 Å². The van der Waals surface area contributed by atoms with E-state index in [1.165, 1.54) is 12.1 Å². The number of rotatable bonds is 3. The Kier molecular flexibility index (Phi) is 8.39. The summed E-state index contributed by atoms with van der Waals surface area (Å²) in [5.74, 6) is -2.63. The van der Waals surface area contributed by atoms with Gasteiger partial charge in [-0.25, -0.2) is 4.79 Å². The molecule has 0 aromatic heterocycles. The molecule has 186 valence electrons. The van der Waals surface area contributed by atoms with E-state index in [9.17, 15) is 31.1 Å². The molecule has 12 heteroatoms. The molecule has 33 heavy (non-hydrogen) atoms. The number of hydrogen-bond acceptors (Lipinski definition) is 4. The first kappa shape index (κ1) is 26.9. The molecule has 0 bridgehead atoms. The number of ether oxygens (including phenoxy) is 1. The summed E-state index contributed by atoms with van der Waals surface area (Å²) in [5, 5.41) is 7.12. The van der Waals surface area contributed by atoms with Crippen molar-refractivity contribution in [3.05, 3.63) is 35.4 Å². The number of carboxylic acids is 1. The fourth-order valence-electron chi connectivity index (χ4n) is 3.92. The van der Waals surface area contributed by atoms with Crippen LogP contribution in [0.2, 0.25) is 0 Å². The van der Waals surface area contributed by atoms with E-state index in [2.05, 4.69) is 4.90 Å². The Bertz CT molecular complexity index is 843. The van der Waals surface area contributed by atoms with Gasteiger partial charge in [-0.05, 0) is 25.5 Å². The summed E-state index contributed by atoms with van der Waals surface area (Å²) >= 11 is 0. The highest BCUT2D eigenvalue weighted by atomic mass is 19.4. The quantitative estimate of drug-likeness (QED) is 0.662. The number of halogens is 6. The second kappa shape index (κ2) is 10.3. The van der Waals surface area contributed by atoms with Crippen LogP contribution >= 0.6 is 0 Å². The average molecular weight is 484 g/mol. The number of nitrogens with zero attached hydrogens (tertiary/aromatic N) is 2. The van der Waals surface area contributed by atoms with Gasteiger partial charge in [0.2, 0.25) is 5.91 Å². The number of carbonyl (C=O) groups excluding carboxylic acids is 1. The minimum Gasteiger partial charge on any atom is -0.475 e. The molecule has 1 atom stereocenters. The van der Waals surface area contributed by atoms with Crippen molar-refractivity contribution < 1.29 is 45.8 Å². The van der Waals surface area contributed by atoms with E-state index < -0.39 is 23.9 Å². The first-order valence-electron chi connectivity index (χ1n) is 10.2. The fourth-order valence-corrected chi connectivity index (χ4v) is 3.92. The Morgan fingerprint density at radius 1 is 1.18 bits per heavy atom. The Hall–Kier alpha value is -2.34. The van der Waals surface area contributed by atoms with Gasteiger partial charge in [0.1, 0.15) is 0 Å². The molecule has 1 aromatic carbocycles. The zero-order chi connectivity index (χ0) is 25.0. The lowest BCUT2D eigenvalue weighted by atomic mass is 9.87. The van der Waals surface area contributed by atoms with Crippen LogP contribution < -0.4 is 0 Å². The monoisotopic (exact) mass is 484 g/mol. The van der Waals surface area contributed by atoms with E-state index in [4.69, 9.17) is 14.6 Å². The molecule has 0 aliphatic carbocycles. The summed E-state index contributed by atoms with van der Waals surface area (Å²) in [4.78, 5) is 25.2.